The van der Waals surface area contributed by atoms with Gasteiger partial charge in [-0.05, 0) is 52.7 Å². The van der Waals surface area contributed by atoms with Crippen LogP contribution in [-0.4, -0.2) is 39.2 Å². The van der Waals surface area contributed by atoms with Gasteiger partial charge in [0.2, 0.25) is 5.95 Å². The number of hydrogen-bond donors (Lipinski definition) is 3. The lowest BCUT2D eigenvalue weighted by Crippen LogP contribution is -2.36. The molecule has 4 heterocycles. The Hall–Kier alpha value is -3.13. The molecule has 1 saturated heterocycles. The molecule has 3 aromatic rings. The van der Waals surface area contributed by atoms with Crippen molar-refractivity contribution < 1.29 is 9.53 Å². The number of rotatable bonds is 3. The minimum absolute atomic E-state index is 0.0421. The van der Waals surface area contributed by atoms with Crippen LogP contribution < -0.4 is 16.2 Å². The van der Waals surface area contributed by atoms with Gasteiger partial charge in [0.1, 0.15) is 0 Å². The molecule has 2 aliphatic heterocycles. The number of amides is 1. The molecule has 8 nitrogen and oxygen atoms in total. The summed E-state index contributed by atoms with van der Waals surface area (Å²) in [5.41, 5.74) is 3.42. The van der Waals surface area contributed by atoms with Crippen molar-refractivity contribution in [3.63, 3.8) is 0 Å². The van der Waals surface area contributed by atoms with E-state index in [0.717, 1.165) is 29.8 Å². The van der Waals surface area contributed by atoms with E-state index in [1.807, 2.05) is 35.8 Å². The van der Waals surface area contributed by atoms with Gasteiger partial charge in [0, 0.05) is 36.1 Å². The lowest BCUT2D eigenvalue weighted by Gasteiger charge is -2.30. The van der Waals surface area contributed by atoms with E-state index >= 15 is 0 Å². The zero-order valence-corrected chi connectivity index (χ0v) is 18.9. The van der Waals surface area contributed by atoms with Crippen LogP contribution >= 0.6 is 0 Å². The van der Waals surface area contributed by atoms with Crippen molar-refractivity contribution in [1.82, 2.24) is 19.9 Å². The number of carbonyl (C=O) groups is 1. The Morgan fingerprint density at radius 2 is 1.91 bits per heavy atom. The Labute approximate surface area is 186 Å². The number of H-pyrrole nitrogens is 1. The van der Waals surface area contributed by atoms with Gasteiger partial charge in [-0.15, -0.1) is 0 Å². The van der Waals surface area contributed by atoms with Gasteiger partial charge in [-0.2, -0.15) is 0 Å². The highest BCUT2D eigenvalue weighted by Crippen LogP contribution is 2.33. The van der Waals surface area contributed by atoms with Gasteiger partial charge in [-0.25, -0.2) is 4.98 Å². The molecule has 0 aliphatic carbocycles. The van der Waals surface area contributed by atoms with Crippen molar-refractivity contribution in [3.8, 4) is 11.3 Å². The second-order valence-corrected chi connectivity index (χ2v) is 9.74. The number of aromatic nitrogens is 3. The fourth-order valence-electron chi connectivity index (χ4n) is 4.64. The van der Waals surface area contributed by atoms with Crippen molar-refractivity contribution in [2.45, 2.75) is 58.2 Å². The van der Waals surface area contributed by atoms with E-state index in [2.05, 4.69) is 36.4 Å². The largest absolute Gasteiger partial charge is 0.381 e. The van der Waals surface area contributed by atoms with Crippen LogP contribution in [0.15, 0.2) is 29.1 Å². The summed E-state index contributed by atoms with van der Waals surface area (Å²) in [6.07, 6.45) is 1.56. The molecule has 1 fully saturated rings. The molecular formula is C24H29N5O3. The van der Waals surface area contributed by atoms with Crippen LogP contribution in [-0.2, 0) is 4.74 Å². The van der Waals surface area contributed by atoms with Crippen molar-refractivity contribution in [2.75, 3.05) is 18.5 Å². The molecule has 1 unspecified atom stereocenters. The molecule has 8 heteroatoms. The van der Waals surface area contributed by atoms with Crippen LogP contribution in [0.1, 0.15) is 68.7 Å². The zero-order chi connectivity index (χ0) is 22.6. The van der Waals surface area contributed by atoms with Gasteiger partial charge in [-0.3, -0.25) is 14.2 Å². The van der Waals surface area contributed by atoms with Crippen LogP contribution in [0.3, 0.4) is 0 Å². The number of carbonyl (C=O) groups excluding carboxylic acids is 1. The van der Waals surface area contributed by atoms with Crippen LogP contribution in [0.5, 0.6) is 0 Å². The Bertz CT molecular complexity index is 1260. The zero-order valence-electron chi connectivity index (χ0n) is 18.9. The molecule has 32 heavy (non-hydrogen) atoms. The first kappa shape index (κ1) is 20.8. The molecule has 2 aliphatic rings. The smallest absolute Gasteiger partial charge is 0.263 e. The lowest BCUT2D eigenvalue weighted by atomic mass is 10.1. The Morgan fingerprint density at radius 1 is 1.16 bits per heavy atom. The quantitative estimate of drug-likeness (QED) is 0.582. The molecular weight excluding hydrogens is 406 g/mol. The summed E-state index contributed by atoms with van der Waals surface area (Å²) in [6, 6.07) is 7.47. The van der Waals surface area contributed by atoms with E-state index in [-0.39, 0.29) is 29.1 Å². The first-order valence-corrected chi connectivity index (χ1v) is 11.2. The van der Waals surface area contributed by atoms with E-state index < -0.39 is 0 Å². The highest BCUT2D eigenvalue weighted by atomic mass is 16.5. The van der Waals surface area contributed by atoms with E-state index in [4.69, 9.17) is 9.72 Å². The third-order valence-corrected chi connectivity index (χ3v) is 6.14. The van der Waals surface area contributed by atoms with Gasteiger partial charge < -0.3 is 20.4 Å². The molecule has 1 atom stereocenters. The second-order valence-electron chi connectivity index (χ2n) is 9.74. The van der Waals surface area contributed by atoms with Crippen molar-refractivity contribution in [3.05, 3.63) is 45.9 Å². The Balaban J connectivity index is 1.72. The molecule has 0 saturated carbocycles. The summed E-state index contributed by atoms with van der Waals surface area (Å²) in [7, 11) is 0. The van der Waals surface area contributed by atoms with Gasteiger partial charge in [0.25, 0.3) is 11.5 Å². The number of nitrogens with zero attached hydrogens (tertiary/aromatic N) is 2. The average molecular weight is 436 g/mol. The number of para-hydroxylation sites is 1. The highest BCUT2D eigenvalue weighted by Gasteiger charge is 2.29. The standard InChI is InChI=1S/C24H29N5O3/c1-13-19-17(21(30)25-13)12-18(26-19)15-6-5-7-16-20(15)27-23(28-24(2,3)4)29(22(16)31)14-8-10-32-11-9-14/h5-7,12-14,26H,8-11H2,1-4H3,(H,25,30)(H,27,28). The maximum absolute atomic E-state index is 13.7. The van der Waals surface area contributed by atoms with Crippen molar-refractivity contribution in [1.29, 1.82) is 0 Å². The number of aromatic amines is 1. The molecule has 2 aromatic heterocycles. The number of anilines is 1. The normalized spacial score (nSPS) is 19.2. The van der Waals surface area contributed by atoms with Gasteiger partial charge in [0.05, 0.1) is 28.2 Å². The molecule has 168 valence electrons. The van der Waals surface area contributed by atoms with Crippen LogP contribution in [0, 0.1) is 0 Å². The maximum atomic E-state index is 13.7. The number of benzene rings is 1. The number of hydrogen-bond acceptors (Lipinski definition) is 5. The minimum Gasteiger partial charge on any atom is -0.381 e. The fourth-order valence-corrected chi connectivity index (χ4v) is 4.64. The fraction of sp³-hybridized carbons (Fsp3) is 0.458. The van der Waals surface area contributed by atoms with Crippen LogP contribution in [0.25, 0.3) is 22.2 Å². The first-order valence-electron chi connectivity index (χ1n) is 11.2. The minimum atomic E-state index is -0.268. The van der Waals surface area contributed by atoms with Crippen LogP contribution in [0.2, 0.25) is 0 Å². The van der Waals surface area contributed by atoms with Crippen molar-refractivity contribution >= 4 is 22.8 Å². The SMILES string of the molecule is CC1NC(=O)c2cc(-c3cccc4c(=O)n(C5CCOCC5)c(NC(C)(C)C)nc34)[nH]c21. The monoisotopic (exact) mass is 435 g/mol. The maximum Gasteiger partial charge on any atom is 0.263 e. The number of nitrogens with one attached hydrogen (secondary N) is 3. The van der Waals surface area contributed by atoms with E-state index in [0.29, 0.717) is 35.6 Å². The van der Waals surface area contributed by atoms with E-state index in [9.17, 15) is 9.59 Å². The molecule has 1 aromatic carbocycles. The lowest BCUT2D eigenvalue weighted by molar-refractivity contribution is 0.0690. The topological polar surface area (TPSA) is 101 Å². The molecule has 0 spiro atoms. The Kier molecular flexibility index (Phi) is 4.85. The first-order chi connectivity index (χ1) is 15.2. The Morgan fingerprint density at radius 3 is 2.59 bits per heavy atom. The number of ether oxygens (including phenoxy) is 1. The van der Waals surface area contributed by atoms with Gasteiger partial charge >= 0.3 is 0 Å². The third-order valence-electron chi connectivity index (χ3n) is 6.14. The van der Waals surface area contributed by atoms with Crippen LogP contribution in [0.4, 0.5) is 5.95 Å². The summed E-state index contributed by atoms with van der Waals surface area (Å²) >= 11 is 0. The third kappa shape index (κ3) is 3.48. The predicted octanol–water partition coefficient (Wildman–Crippen LogP) is 3.76. The van der Waals surface area contributed by atoms with E-state index in [1.54, 1.807) is 0 Å². The molecule has 5 rings (SSSR count). The van der Waals surface area contributed by atoms with Gasteiger partial charge in [-0.1, -0.05) is 12.1 Å². The summed E-state index contributed by atoms with van der Waals surface area (Å²) in [4.78, 5) is 34.3. The second kappa shape index (κ2) is 7.48. The number of fused-ring (bicyclic) bond motifs is 2. The summed E-state index contributed by atoms with van der Waals surface area (Å²) < 4.78 is 7.33. The average Bonchev–Trinajstić information content (AvgIpc) is 3.28. The summed E-state index contributed by atoms with van der Waals surface area (Å²) in [6.45, 7) is 9.39. The summed E-state index contributed by atoms with van der Waals surface area (Å²) in [5.74, 6) is 0.486. The molecule has 0 radical (unpaired) electrons. The molecule has 1 amide bonds. The molecule has 3 N–H and O–H groups in total. The van der Waals surface area contributed by atoms with Gasteiger partial charge in [0.15, 0.2) is 0 Å². The van der Waals surface area contributed by atoms with E-state index in [1.165, 1.54) is 0 Å². The molecule has 0 bridgehead atoms. The van der Waals surface area contributed by atoms with Crippen molar-refractivity contribution in [2.24, 2.45) is 0 Å². The summed E-state index contributed by atoms with van der Waals surface area (Å²) in [5, 5.41) is 6.93. The highest BCUT2D eigenvalue weighted by molar-refractivity contribution is 6.01. The predicted molar refractivity (Wildman–Crippen MR) is 124 cm³/mol.